The highest BCUT2D eigenvalue weighted by atomic mass is 32.2. The minimum Gasteiger partial charge on any atom is -0.341 e. The van der Waals surface area contributed by atoms with Crippen LogP contribution in [0.4, 0.5) is 0 Å². The van der Waals surface area contributed by atoms with Gasteiger partial charge < -0.3 is 9.47 Å². The minimum atomic E-state index is 0.0151. The summed E-state index contributed by atoms with van der Waals surface area (Å²) < 4.78 is 2.02. The fourth-order valence-electron chi connectivity index (χ4n) is 2.70. The highest BCUT2D eigenvalue weighted by molar-refractivity contribution is 7.99. The van der Waals surface area contributed by atoms with E-state index >= 15 is 0 Å². The number of rotatable bonds is 7. The van der Waals surface area contributed by atoms with Crippen molar-refractivity contribution in [2.75, 3.05) is 12.8 Å². The van der Waals surface area contributed by atoms with Gasteiger partial charge in [0.2, 0.25) is 5.91 Å². The summed E-state index contributed by atoms with van der Waals surface area (Å²) in [5, 5.41) is 18.0. The highest BCUT2D eigenvalue weighted by Crippen LogP contribution is 2.19. The van der Waals surface area contributed by atoms with Crippen LogP contribution in [0.2, 0.25) is 0 Å². The van der Waals surface area contributed by atoms with Crippen LogP contribution in [-0.4, -0.2) is 38.4 Å². The Morgan fingerprint density at radius 3 is 2.50 bits per heavy atom. The molecule has 0 atom stereocenters. The molecule has 2 aromatic carbocycles. The van der Waals surface area contributed by atoms with Crippen LogP contribution in [0.15, 0.2) is 59.8 Å². The maximum atomic E-state index is 12.5. The van der Waals surface area contributed by atoms with Gasteiger partial charge in [0.05, 0.1) is 23.9 Å². The fraction of sp³-hybridized carbons (Fsp3) is 0.238. The summed E-state index contributed by atoms with van der Waals surface area (Å²) in [6.07, 6.45) is 0. The molecule has 0 N–H and O–H groups in total. The van der Waals surface area contributed by atoms with E-state index in [1.54, 1.807) is 24.1 Å². The third kappa shape index (κ3) is 4.99. The van der Waals surface area contributed by atoms with Crippen molar-refractivity contribution in [1.82, 2.24) is 19.7 Å². The van der Waals surface area contributed by atoms with Gasteiger partial charge in [-0.2, -0.15) is 5.26 Å². The summed E-state index contributed by atoms with van der Waals surface area (Å²) in [7, 11) is 1.78. The quantitative estimate of drug-likeness (QED) is 0.578. The number of amides is 1. The number of aromatic nitrogens is 3. The summed E-state index contributed by atoms with van der Waals surface area (Å²) in [6, 6.07) is 19.5. The molecule has 0 unspecified atom stereocenters. The van der Waals surface area contributed by atoms with Gasteiger partial charge in [0.15, 0.2) is 5.16 Å². The summed E-state index contributed by atoms with van der Waals surface area (Å²) in [5.41, 5.74) is 2.76. The molecule has 6 nitrogen and oxygen atoms in total. The van der Waals surface area contributed by atoms with Crippen molar-refractivity contribution in [3.8, 4) is 6.07 Å². The Morgan fingerprint density at radius 2 is 1.82 bits per heavy atom. The highest BCUT2D eigenvalue weighted by Gasteiger charge is 2.15. The lowest BCUT2D eigenvalue weighted by molar-refractivity contribution is -0.127. The van der Waals surface area contributed by atoms with E-state index in [-0.39, 0.29) is 5.91 Å². The Hall–Kier alpha value is -3.11. The van der Waals surface area contributed by atoms with Gasteiger partial charge in [-0.05, 0) is 30.2 Å². The molecule has 1 aromatic heterocycles. The smallest absolute Gasteiger partial charge is 0.233 e. The summed E-state index contributed by atoms with van der Waals surface area (Å²) in [4.78, 5) is 14.2. The van der Waals surface area contributed by atoms with Gasteiger partial charge in [-0.15, -0.1) is 10.2 Å². The Morgan fingerprint density at radius 1 is 1.11 bits per heavy atom. The molecule has 7 heteroatoms. The molecule has 3 aromatic rings. The number of thioether (sulfide) groups is 1. The zero-order valence-electron chi connectivity index (χ0n) is 15.9. The Labute approximate surface area is 168 Å². The molecule has 3 rings (SSSR count). The standard InChI is InChI=1S/C21H21N5OS/c1-16-23-24-21(26(16)14-18-6-4-3-5-7-18)28-15-20(27)25(2)13-19-10-8-17(12-22)9-11-19/h3-11H,13-15H2,1-2H3. The van der Waals surface area contributed by atoms with Gasteiger partial charge in [0, 0.05) is 13.6 Å². The molecule has 0 spiro atoms. The van der Waals surface area contributed by atoms with Gasteiger partial charge in [0.1, 0.15) is 5.82 Å². The van der Waals surface area contributed by atoms with E-state index < -0.39 is 0 Å². The van der Waals surface area contributed by atoms with Crippen LogP contribution in [0.25, 0.3) is 0 Å². The first-order valence-corrected chi connectivity index (χ1v) is 9.85. The molecule has 0 radical (unpaired) electrons. The lowest BCUT2D eigenvalue weighted by atomic mass is 10.1. The summed E-state index contributed by atoms with van der Waals surface area (Å²) >= 11 is 1.40. The third-order valence-electron chi connectivity index (χ3n) is 4.34. The first-order chi connectivity index (χ1) is 13.6. The topological polar surface area (TPSA) is 74.8 Å². The second-order valence-corrected chi connectivity index (χ2v) is 7.39. The molecule has 0 saturated heterocycles. The SMILES string of the molecule is Cc1nnc(SCC(=O)N(C)Cc2ccc(C#N)cc2)n1Cc1ccccc1. The Bertz CT molecular complexity index is 976. The molecule has 0 fully saturated rings. The second-order valence-electron chi connectivity index (χ2n) is 6.45. The van der Waals surface area contributed by atoms with E-state index in [9.17, 15) is 4.79 Å². The maximum Gasteiger partial charge on any atom is 0.233 e. The van der Waals surface area contributed by atoms with E-state index in [4.69, 9.17) is 5.26 Å². The zero-order valence-corrected chi connectivity index (χ0v) is 16.7. The van der Waals surface area contributed by atoms with E-state index in [1.807, 2.05) is 41.8 Å². The van der Waals surface area contributed by atoms with Crippen LogP contribution in [0, 0.1) is 18.3 Å². The number of nitriles is 1. The van der Waals surface area contributed by atoms with Gasteiger partial charge >= 0.3 is 0 Å². The lowest BCUT2D eigenvalue weighted by Gasteiger charge is -2.17. The zero-order chi connectivity index (χ0) is 19.9. The fourth-order valence-corrected chi connectivity index (χ4v) is 3.62. The molecular weight excluding hydrogens is 370 g/mol. The molecule has 28 heavy (non-hydrogen) atoms. The predicted octanol–water partition coefficient (Wildman–Crippen LogP) is 3.26. The van der Waals surface area contributed by atoms with Crippen molar-refractivity contribution >= 4 is 17.7 Å². The van der Waals surface area contributed by atoms with Crippen molar-refractivity contribution in [2.24, 2.45) is 0 Å². The first kappa shape index (κ1) is 19.6. The number of carbonyl (C=O) groups is 1. The normalized spacial score (nSPS) is 10.5. The molecule has 0 aliphatic carbocycles. The van der Waals surface area contributed by atoms with Crippen LogP contribution in [0.3, 0.4) is 0 Å². The van der Waals surface area contributed by atoms with Gasteiger partial charge in [0.25, 0.3) is 0 Å². The average Bonchev–Trinajstić information content (AvgIpc) is 3.07. The number of aryl methyl sites for hydroxylation is 1. The van der Waals surface area contributed by atoms with E-state index in [0.717, 1.165) is 22.1 Å². The van der Waals surface area contributed by atoms with Crippen molar-refractivity contribution in [3.05, 3.63) is 77.1 Å². The summed E-state index contributed by atoms with van der Waals surface area (Å²) in [5.74, 6) is 1.13. The van der Waals surface area contributed by atoms with Gasteiger partial charge in [-0.1, -0.05) is 54.2 Å². The van der Waals surface area contributed by atoms with Crippen LogP contribution in [0.5, 0.6) is 0 Å². The van der Waals surface area contributed by atoms with Crippen molar-refractivity contribution in [2.45, 2.75) is 25.2 Å². The number of hydrogen-bond acceptors (Lipinski definition) is 5. The van der Waals surface area contributed by atoms with Crippen LogP contribution in [-0.2, 0) is 17.9 Å². The molecule has 142 valence electrons. The van der Waals surface area contributed by atoms with Crippen molar-refractivity contribution in [1.29, 1.82) is 5.26 Å². The lowest BCUT2D eigenvalue weighted by Crippen LogP contribution is -2.27. The number of benzene rings is 2. The van der Waals surface area contributed by atoms with Crippen molar-refractivity contribution < 1.29 is 4.79 Å². The predicted molar refractivity (Wildman–Crippen MR) is 109 cm³/mol. The first-order valence-electron chi connectivity index (χ1n) is 8.86. The summed E-state index contributed by atoms with van der Waals surface area (Å²) in [6.45, 7) is 3.09. The van der Waals surface area contributed by atoms with E-state index in [2.05, 4.69) is 28.4 Å². The van der Waals surface area contributed by atoms with Crippen LogP contribution >= 0.6 is 11.8 Å². The molecule has 0 saturated carbocycles. The average molecular weight is 392 g/mol. The third-order valence-corrected chi connectivity index (χ3v) is 5.29. The molecule has 1 heterocycles. The van der Waals surface area contributed by atoms with E-state index in [0.29, 0.717) is 24.4 Å². The van der Waals surface area contributed by atoms with Crippen LogP contribution in [0.1, 0.15) is 22.5 Å². The Balaban J connectivity index is 1.59. The number of hydrogen-bond donors (Lipinski definition) is 0. The van der Waals surface area contributed by atoms with E-state index in [1.165, 1.54) is 11.8 Å². The monoisotopic (exact) mass is 391 g/mol. The molecular formula is C21H21N5OS. The molecule has 0 aliphatic heterocycles. The molecule has 0 bridgehead atoms. The minimum absolute atomic E-state index is 0.0151. The maximum absolute atomic E-state index is 12.5. The van der Waals surface area contributed by atoms with Gasteiger partial charge in [-0.25, -0.2) is 0 Å². The number of carbonyl (C=O) groups excluding carboxylic acids is 1. The Kier molecular flexibility index (Phi) is 6.45. The van der Waals surface area contributed by atoms with Crippen LogP contribution < -0.4 is 0 Å². The van der Waals surface area contributed by atoms with Crippen molar-refractivity contribution in [3.63, 3.8) is 0 Å². The molecule has 1 amide bonds. The second kappa shape index (κ2) is 9.20. The number of nitrogens with zero attached hydrogens (tertiary/aromatic N) is 5. The van der Waals surface area contributed by atoms with Gasteiger partial charge in [-0.3, -0.25) is 4.79 Å². The molecule has 0 aliphatic rings. The largest absolute Gasteiger partial charge is 0.341 e.